The van der Waals surface area contributed by atoms with Gasteiger partial charge < -0.3 is 61.0 Å². The molecule has 2 aliphatic rings. The van der Waals surface area contributed by atoms with Gasteiger partial charge in [0.05, 0.1) is 31.8 Å². The molecule has 10 N–H and O–H groups in total. The zero-order valence-electron chi connectivity index (χ0n) is 22.9. The monoisotopic (exact) mass is 566 g/mol. The van der Waals surface area contributed by atoms with Crippen LogP contribution in [0.1, 0.15) is 77.6 Å². The molecule has 2 fully saturated rings. The molecule has 11 atom stereocenters. The van der Waals surface area contributed by atoms with Crippen LogP contribution in [0.15, 0.2) is 0 Å². The third kappa shape index (κ3) is 10.4. The van der Waals surface area contributed by atoms with Crippen molar-refractivity contribution in [1.82, 2.24) is 5.32 Å². The summed E-state index contributed by atoms with van der Waals surface area (Å²) in [4.78, 5) is 12.6. The highest BCUT2D eigenvalue weighted by Crippen LogP contribution is 2.28. The van der Waals surface area contributed by atoms with E-state index in [-0.39, 0.29) is 6.42 Å². The number of amides is 1. The quantitative estimate of drug-likeness (QED) is 0.0905. The molecular formula is C26H50N2O11. The second-order valence-electron chi connectivity index (χ2n) is 10.7. The Balaban J connectivity index is 1.84. The zero-order chi connectivity index (χ0) is 28.9. The maximum Gasteiger partial charge on any atom is 0.223 e. The Morgan fingerprint density at radius 1 is 0.872 bits per heavy atom. The van der Waals surface area contributed by atoms with Gasteiger partial charge in [0.1, 0.15) is 42.7 Å². The fourth-order valence-electron chi connectivity index (χ4n) is 5.04. The van der Waals surface area contributed by atoms with E-state index in [4.69, 9.17) is 19.9 Å². The van der Waals surface area contributed by atoms with E-state index >= 15 is 0 Å². The lowest BCUT2D eigenvalue weighted by molar-refractivity contribution is -0.325. The smallest absolute Gasteiger partial charge is 0.223 e. The van der Waals surface area contributed by atoms with Crippen LogP contribution in [0, 0.1) is 0 Å². The molecule has 0 bridgehead atoms. The molecule has 0 aromatic rings. The van der Waals surface area contributed by atoms with Crippen LogP contribution < -0.4 is 11.1 Å². The van der Waals surface area contributed by atoms with Crippen molar-refractivity contribution in [2.24, 2.45) is 5.73 Å². The lowest BCUT2D eigenvalue weighted by Gasteiger charge is -2.46. The lowest BCUT2D eigenvalue weighted by atomic mass is 9.95. The highest BCUT2D eigenvalue weighted by molar-refractivity contribution is 5.76. The third-order valence-corrected chi connectivity index (χ3v) is 7.48. The van der Waals surface area contributed by atoms with Gasteiger partial charge in [-0.3, -0.25) is 4.79 Å². The van der Waals surface area contributed by atoms with E-state index in [1.54, 1.807) is 0 Å². The Morgan fingerprint density at radius 2 is 1.46 bits per heavy atom. The maximum atomic E-state index is 12.6. The summed E-state index contributed by atoms with van der Waals surface area (Å²) >= 11 is 0. The number of unbranched alkanes of at least 4 members (excludes halogenated alkanes) is 8. The first kappa shape index (κ1) is 34.2. The zero-order valence-corrected chi connectivity index (χ0v) is 22.9. The van der Waals surface area contributed by atoms with Crippen LogP contribution >= 0.6 is 0 Å². The molecule has 13 heteroatoms. The molecule has 1 amide bonds. The molecule has 2 aliphatic heterocycles. The number of hydrogen-bond acceptors (Lipinski definition) is 12. The minimum atomic E-state index is -1.69. The number of rotatable bonds is 17. The number of aliphatic hydroxyl groups is 7. The van der Waals surface area contributed by atoms with Gasteiger partial charge in [0.15, 0.2) is 12.6 Å². The minimum Gasteiger partial charge on any atom is -0.394 e. The SMILES string of the molecule is CCCCCCCCCCCC(O)CC(=O)N[C@H]1C(O)O[C@H](CO)[C@@H](O[C@@H]2O[C@H](CO)[C@@H](O)[C@H](O)[C@H]2N)[C@@H]1O. The first-order valence-corrected chi connectivity index (χ1v) is 14.3. The van der Waals surface area contributed by atoms with Crippen molar-refractivity contribution >= 4 is 5.91 Å². The number of carbonyl (C=O) groups is 1. The Morgan fingerprint density at radius 3 is 2.05 bits per heavy atom. The van der Waals surface area contributed by atoms with E-state index in [2.05, 4.69) is 12.2 Å². The lowest BCUT2D eigenvalue weighted by Crippen LogP contribution is -2.68. The van der Waals surface area contributed by atoms with E-state index in [1.165, 1.54) is 32.1 Å². The summed E-state index contributed by atoms with van der Waals surface area (Å²) in [6.07, 6.45) is -1.96. The third-order valence-electron chi connectivity index (χ3n) is 7.48. The van der Waals surface area contributed by atoms with Crippen molar-refractivity contribution in [2.45, 2.75) is 145 Å². The summed E-state index contributed by atoms with van der Waals surface area (Å²) in [5, 5.41) is 73.3. The average molecular weight is 567 g/mol. The fraction of sp³-hybridized carbons (Fsp3) is 0.962. The molecule has 39 heavy (non-hydrogen) atoms. The van der Waals surface area contributed by atoms with Crippen molar-refractivity contribution in [3.8, 4) is 0 Å². The van der Waals surface area contributed by atoms with Crippen LogP contribution in [-0.4, -0.2) is 122 Å². The first-order chi connectivity index (χ1) is 18.6. The molecule has 0 aromatic heterocycles. The molecular weight excluding hydrogens is 516 g/mol. The molecule has 2 rings (SSSR count). The summed E-state index contributed by atoms with van der Waals surface area (Å²) in [6.45, 7) is 0.874. The summed E-state index contributed by atoms with van der Waals surface area (Å²) in [6, 6.07) is -2.64. The van der Waals surface area contributed by atoms with Crippen molar-refractivity contribution in [3.63, 3.8) is 0 Å². The fourth-order valence-corrected chi connectivity index (χ4v) is 5.04. The van der Waals surface area contributed by atoms with E-state index < -0.39 is 86.5 Å². The Hall–Kier alpha value is -0.970. The standard InChI is InChI=1S/C26H50N2O11/c1-2-3-4-5-6-7-8-9-10-11-15(31)12-18(32)28-20-23(35)24(17(14-30)37-25(20)36)39-26-19(27)22(34)21(33)16(13-29)38-26/h15-17,19-26,29-31,33-36H,2-14,27H2,1H3,(H,28,32)/t15?,16-,17-,19-,20-,21-,22-,23-,24-,25?,26+/m1/s1. The summed E-state index contributed by atoms with van der Waals surface area (Å²) in [5.41, 5.74) is 5.89. The van der Waals surface area contributed by atoms with Crippen molar-refractivity contribution in [2.75, 3.05) is 13.2 Å². The molecule has 2 saturated heterocycles. The summed E-state index contributed by atoms with van der Waals surface area (Å²) in [7, 11) is 0. The molecule has 0 aromatic carbocycles. The molecule has 2 unspecified atom stereocenters. The van der Waals surface area contributed by atoms with Gasteiger partial charge in [-0.15, -0.1) is 0 Å². The maximum absolute atomic E-state index is 12.6. The number of nitrogens with two attached hydrogens (primary N) is 1. The summed E-state index contributed by atoms with van der Waals surface area (Å²) in [5.74, 6) is -0.615. The highest BCUT2D eigenvalue weighted by atomic mass is 16.7. The number of ether oxygens (including phenoxy) is 3. The predicted molar refractivity (Wildman–Crippen MR) is 139 cm³/mol. The van der Waals surface area contributed by atoms with Gasteiger partial charge in [-0.2, -0.15) is 0 Å². The van der Waals surface area contributed by atoms with Crippen LogP contribution in [0.3, 0.4) is 0 Å². The van der Waals surface area contributed by atoms with Crippen LogP contribution in [0.25, 0.3) is 0 Å². The molecule has 230 valence electrons. The van der Waals surface area contributed by atoms with E-state index in [0.29, 0.717) is 6.42 Å². The topological polar surface area (TPSA) is 224 Å². The second-order valence-corrected chi connectivity index (χ2v) is 10.7. The Labute approximate surface area is 230 Å². The van der Waals surface area contributed by atoms with Crippen molar-refractivity contribution in [3.05, 3.63) is 0 Å². The number of aliphatic hydroxyl groups excluding tert-OH is 7. The predicted octanol–water partition coefficient (Wildman–Crippen LogP) is -1.63. The van der Waals surface area contributed by atoms with Gasteiger partial charge in [-0.05, 0) is 6.42 Å². The molecule has 0 radical (unpaired) electrons. The van der Waals surface area contributed by atoms with E-state index in [0.717, 1.165) is 25.7 Å². The Bertz CT molecular complexity index is 688. The molecule has 2 heterocycles. The van der Waals surface area contributed by atoms with Crippen LogP contribution in [0.5, 0.6) is 0 Å². The van der Waals surface area contributed by atoms with E-state index in [1.807, 2.05) is 0 Å². The van der Waals surface area contributed by atoms with Crippen LogP contribution in [0.2, 0.25) is 0 Å². The van der Waals surface area contributed by atoms with Gasteiger partial charge in [-0.25, -0.2) is 0 Å². The van der Waals surface area contributed by atoms with Crippen molar-refractivity contribution < 1.29 is 54.8 Å². The van der Waals surface area contributed by atoms with Gasteiger partial charge in [0, 0.05) is 0 Å². The van der Waals surface area contributed by atoms with E-state index in [9.17, 15) is 40.5 Å². The highest BCUT2D eigenvalue weighted by Gasteiger charge is 2.50. The van der Waals surface area contributed by atoms with Gasteiger partial charge in [-0.1, -0.05) is 64.7 Å². The number of hydrogen-bond donors (Lipinski definition) is 9. The van der Waals surface area contributed by atoms with Gasteiger partial charge in [0.2, 0.25) is 5.91 Å². The number of nitrogens with one attached hydrogen (secondary N) is 1. The van der Waals surface area contributed by atoms with Crippen LogP contribution in [-0.2, 0) is 19.0 Å². The van der Waals surface area contributed by atoms with Gasteiger partial charge >= 0.3 is 0 Å². The number of carbonyl (C=O) groups excluding carboxylic acids is 1. The Kier molecular flexibility index (Phi) is 15.6. The largest absolute Gasteiger partial charge is 0.394 e. The first-order valence-electron chi connectivity index (χ1n) is 14.3. The molecule has 13 nitrogen and oxygen atoms in total. The summed E-state index contributed by atoms with van der Waals surface area (Å²) < 4.78 is 16.4. The normalized spacial score (nSPS) is 36.0. The molecule has 0 saturated carbocycles. The van der Waals surface area contributed by atoms with Crippen molar-refractivity contribution in [1.29, 1.82) is 0 Å². The minimum absolute atomic E-state index is 0.235. The molecule has 0 aliphatic carbocycles. The second kappa shape index (κ2) is 17.8. The molecule has 0 spiro atoms. The van der Waals surface area contributed by atoms with Gasteiger partial charge in [0.25, 0.3) is 0 Å². The average Bonchev–Trinajstić information content (AvgIpc) is 2.91. The van der Waals surface area contributed by atoms with Crippen LogP contribution in [0.4, 0.5) is 0 Å².